The molecule has 0 radical (unpaired) electrons. The summed E-state index contributed by atoms with van der Waals surface area (Å²) >= 11 is 0. The summed E-state index contributed by atoms with van der Waals surface area (Å²) in [6, 6.07) is 3.34. The number of piperazine rings is 1. The van der Waals surface area contributed by atoms with Crippen LogP contribution >= 0.6 is 0 Å². The number of halogens is 2. The quantitative estimate of drug-likeness (QED) is 0.752. The molecule has 1 saturated heterocycles. The van der Waals surface area contributed by atoms with Crippen molar-refractivity contribution in [3.05, 3.63) is 29.8 Å². The predicted octanol–water partition coefficient (Wildman–Crippen LogP) is 1.01. The molecule has 1 aliphatic heterocycles. The van der Waals surface area contributed by atoms with Crippen LogP contribution in [-0.4, -0.2) is 60.7 Å². The molecule has 0 spiro atoms. The number of anilines is 1. The zero-order valence-electron chi connectivity index (χ0n) is 13.4. The highest BCUT2D eigenvalue weighted by Gasteiger charge is 2.24. The molecule has 3 amide bonds. The Kier molecular flexibility index (Phi) is 5.83. The smallest absolute Gasteiger partial charge is 0.224 e. The van der Waals surface area contributed by atoms with Crippen molar-refractivity contribution < 1.29 is 23.2 Å². The molecule has 24 heavy (non-hydrogen) atoms. The zero-order valence-corrected chi connectivity index (χ0v) is 13.4. The van der Waals surface area contributed by atoms with Crippen LogP contribution in [-0.2, 0) is 14.4 Å². The fourth-order valence-corrected chi connectivity index (χ4v) is 2.62. The Balaban J connectivity index is 2.01. The molecule has 1 heterocycles. The maximum Gasteiger partial charge on any atom is 0.224 e. The number of amides is 3. The number of carbonyl (C=O) groups excluding carboxylic acids is 3. The number of carbonyl (C=O) groups is 3. The minimum atomic E-state index is -0.850. The lowest BCUT2D eigenvalue weighted by Gasteiger charge is -2.33. The SMILES string of the molecule is CC(=O)N(CCC(=O)N1CCN(C=O)CC1)c1c(F)cccc1F. The number of hydrogen-bond donors (Lipinski definition) is 0. The van der Waals surface area contributed by atoms with Crippen molar-refractivity contribution in [3.8, 4) is 0 Å². The van der Waals surface area contributed by atoms with Crippen molar-refractivity contribution >= 4 is 23.9 Å². The molecule has 1 aliphatic rings. The van der Waals surface area contributed by atoms with Gasteiger partial charge >= 0.3 is 0 Å². The highest BCUT2D eigenvalue weighted by Crippen LogP contribution is 2.23. The highest BCUT2D eigenvalue weighted by atomic mass is 19.1. The first kappa shape index (κ1) is 17.8. The van der Waals surface area contributed by atoms with Crippen LogP contribution in [0.25, 0.3) is 0 Å². The first-order valence-electron chi connectivity index (χ1n) is 7.63. The summed E-state index contributed by atoms with van der Waals surface area (Å²) in [6.07, 6.45) is 0.689. The fraction of sp³-hybridized carbons (Fsp3) is 0.438. The largest absolute Gasteiger partial charge is 0.342 e. The number of para-hydroxylation sites is 1. The summed E-state index contributed by atoms with van der Waals surface area (Å²) in [7, 11) is 0. The van der Waals surface area contributed by atoms with Gasteiger partial charge in [0, 0.05) is 46.1 Å². The fourth-order valence-electron chi connectivity index (χ4n) is 2.62. The van der Waals surface area contributed by atoms with Crippen LogP contribution in [0.3, 0.4) is 0 Å². The van der Waals surface area contributed by atoms with E-state index in [0.29, 0.717) is 26.2 Å². The standard InChI is InChI=1S/C16H19F2N3O3/c1-12(23)21(16-13(17)3-2-4-14(16)18)6-5-15(24)20-9-7-19(11-22)8-10-20/h2-4,11H,5-10H2,1H3. The third kappa shape index (κ3) is 4.06. The van der Waals surface area contributed by atoms with Crippen molar-refractivity contribution in [2.75, 3.05) is 37.6 Å². The molecule has 130 valence electrons. The second kappa shape index (κ2) is 7.85. The minimum Gasteiger partial charge on any atom is -0.342 e. The van der Waals surface area contributed by atoms with Gasteiger partial charge in [-0.15, -0.1) is 0 Å². The van der Waals surface area contributed by atoms with E-state index in [2.05, 4.69) is 0 Å². The van der Waals surface area contributed by atoms with Gasteiger partial charge in [-0.05, 0) is 12.1 Å². The Labute approximate surface area is 138 Å². The molecule has 0 atom stereocenters. The van der Waals surface area contributed by atoms with Crippen molar-refractivity contribution in [1.82, 2.24) is 9.80 Å². The van der Waals surface area contributed by atoms with Crippen molar-refractivity contribution in [2.45, 2.75) is 13.3 Å². The Bertz CT molecular complexity index is 611. The lowest BCUT2D eigenvalue weighted by atomic mass is 10.2. The Morgan fingerprint density at radius 3 is 2.25 bits per heavy atom. The monoisotopic (exact) mass is 339 g/mol. The first-order chi connectivity index (χ1) is 11.4. The topological polar surface area (TPSA) is 60.9 Å². The molecule has 0 unspecified atom stereocenters. The summed E-state index contributed by atoms with van der Waals surface area (Å²) in [5.74, 6) is -2.46. The summed E-state index contributed by atoms with van der Waals surface area (Å²) in [4.78, 5) is 38.7. The van der Waals surface area contributed by atoms with Crippen LogP contribution in [0.1, 0.15) is 13.3 Å². The van der Waals surface area contributed by atoms with E-state index in [-0.39, 0.29) is 18.9 Å². The third-order valence-corrected chi connectivity index (χ3v) is 3.95. The van der Waals surface area contributed by atoms with E-state index in [1.54, 1.807) is 9.80 Å². The van der Waals surface area contributed by atoms with Gasteiger partial charge in [0.15, 0.2) is 0 Å². The van der Waals surface area contributed by atoms with E-state index < -0.39 is 23.2 Å². The van der Waals surface area contributed by atoms with Gasteiger partial charge in [0.1, 0.15) is 17.3 Å². The van der Waals surface area contributed by atoms with E-state index in [4.69, 9.17) is 0 Å². The molecule has 0 aromatic heterocycles. The van der Waals surface area contributed by atoms with Crippen LogP contribution in [0, 0.1) is 11.6 Å². The van der Waals surface area contributed by atoms with Gasteiger partial charge in [0.05, 0.1) is 0 Å². The van der Waals surface area contributed by atoms with E-state index in [1.165, 1.54) is 13.0 Å². The van der Waals surface area contributed by atoms with Gasteiger partial charge in [0.25, 0.3) is 0 Å². The lowest BCUT2D eigenvalue weighted by Crippen LogP contribution is -2.48. The van der Waals surface area contributed by atoms with E-state index in [0.717, 1.165) is 23.4 Å². The molecule has 0 saturated carbocycles. The van der Waals surface area contributed by atoms with E-state index >= 15 is 0 Å². The van der Waals surface area contributed by atoms with Gasteiger partial charge in [-0.3, -0.25) is 14.4 Å². The van der Waals surface area contributed by atoms with Gasteiger partial charge in [-0.2, -0.15) is 0 Å². The van der Waals surface area contributed by atoms with Crippen LogP contribution in [0.5, 0.6) is 0 Å². The second-order valence-corrected chi connectivity index (χ2v) is 5.51. The summed E-state index contributed by atoms with van der Waals surface area (Å²) in [5, 5.41) is 0. The van der Waals surface area contributed by atoms with Gasteiger partial charge in [-0.1, -0.05) is 6.07 Å². The molecule has 0 aliphatic carbocycles. The van der Waals surface area contributed by atoms with Gasteiger partial charge < -0.3 is 14.7 Å². The molecule has 1 fully saturated rings. The highest BCUT2D eigenvalue weighted by molar-refractivity contribution is 5.92. The lowest BCUT2D eigenvalue weighted by molar-refractivity contribution is -0.135. The predicted molar refractivity (Wildman–Crippen MR) is 83.2 cm³/mol. The third-order valence-electron chi connectivity index (χ3n) is 3.95. The van der Waals surface area contributed by atoms with Crippen molar-refractivity contribution in [2.24, 2.45) is 0 Å². The Morgan fingerprint density at radius 1 is 1.17 bits per heavy atom. The number of hydrogen-bond acceptors (Lipinski definition) is 3. The van der Waals surface area contributed by atoms with Crippen molar-refractivity contribution in [1.29, 1.82) is 0 Å². The molecule has 8 heteroatoms. The summed E-state index contributed by atoms with van der Waals surface area (Å²) in [5.41, 5.74) is -0.441. The molecular formula is C16H19F2N3O3. The maximum absolute atomic E-state index is 13.9. The molecule has 2 rings (SSSR count). The van der Waals surface area contributed by atoms with E-state index in [9.17, 15) is 23.2 Å². The average Bonchev–Trinajstić information content (AvgIpc) is 2.57. The van der Waals surface area contributed by atoms with Crippen LogP contribution in [0.2, 0.25) is 0 Å². The minimum absolute atomic E-state index is 0.0472. The number of nitrogens with zero attached hydrogens (tertiary/aromatic N) is 3. The zero-order chi connectivity index (χ0) is 17.7. The molecule has 6 nitrogen and oxygen atoms in total. The van der Waals surface area contributed by atoms with Crippen LogP contribution < -0.4 is 4.90 Å². The molecule has 1 aromatic carbocycles. The van der Waals surface area contributed by atoms with Gasteiger partial charge in [0.2, 0.25) is 18.2 Å². The molecule has 0 bridgehead atoms. The Morgan fingerprint density at radius 2 is 1.75 bits per heavy atom. The number of rotatable bonds is 5. The Hall–Kier alpha value is -2.51. The average molecular weight is 339 g/mol. The first-order valence-corrected chi connectivity index (χ1v) is 7.63. The molecule has 1 aromatic rings. The molecular weight excluding hydrogens is 320 g/mol. The molecule has 0 N–H and O–H groups in total. The van der Waals surface area contributed by atoms with Crippen LogP contribution in [0.15, 0.2) is 18.2 Å². The number of benzene rings is 1. The van der Waals surface area contributed by atoms with Gasteiger partial charge in [-0.25, -0.2) is 8.78 Å². The normalized spacial score (nSPS) is 14.5. The maximum atomic E-state index is 13.9. The summed E-state index contributed by atoms with van der Waals surface area (Å²) in [6.45, 7) is 2.80. The summed E-state index contributed by atoms with van der Waals surface area (Å²) < 4.78 is 27.7. The second-order valence-electron chi connectivity index (χ2n) is 5.51. The van der Waals surface area contributed by atoms with E-state index in [1.807, 2.05) is 0 Å². The van der Waals surface area contributed by atoms with Crippen LogP contribution in [0.4, 0.5) is 14.5 Å². The van der Waals surface area contributed by atoms with Crippen molar-refractivity contribution in [3.63, 3.8) is 0 Å².